The van der Waals surface area contributed by atoms with Crippen LogP contribution in [0.3, 0.4) is 0 Å². The zero-order valence-corrected chi connectivity index (χ0v) is 20.5. The Kier molecular flexibility index (Phi) is 5.16. The van der Waals surface area contributed by atoms with Crippen molar-refractivity contribution in [3.8, 4) is 5.75 Å². The molecule has 8 atom stereocenters. The van der Waals surface area contributed by atoms with Gasteiger partial charge < -0.3 is 9.64 Å². The summed E-state index contributed by atoms with van der Waals surface area (Å²) in [4.78, 5) is 14.6. The number of amides is 1. The number of benzene rings is 1. The molecule has 1 aliphatic heterocycles. The molecule has 1 aromatic carbocycles. The van der Waals surface area contributed by atoms with Crippen LogP contribution in [0.15, 0.2) is 18.2 Å². The summed E-state index contributed by atoms with van der Waals surface area (Å²) in [5.41, 5.74) is 1.73. The van der Waals surface area contributed by atoms with Gasteiger partial charge in [-0.15, -0.1) is 0 Å². The van der Waals surface area contributed by atoms with E-state index >= 15 is 0 Å². The van der Waals surface area contributed by atoms with Crippen molar-refractivity contribution in [2.75, 3.05) is 7.05 Å². The Balaban J connectivity index is 1.39. The highest BCUT2D eigenvalue weighted by Crippen LogP contribution is 2.66. The maximum Gasteiger partial charge on any atom is 0.222 e. The molecule has 31 heavy (non-hydrogen) atoms. The number of fused-ring (bicyclic) bond motifs is 5. The van der Waals surface area contributed by atoms with Gasteiger partial charge in [0.05, 0.1) is 6.10 Å². The second kappa shape index (κ2) is 7.40. The average Bonchev–Trinajstić information content (AvgIpc) is 3.05. The second-order valence-corrected chi connectivity index (χ2v) is 12.2. The van der Waals surface area contributed by atoms with Crippen molar-refractivity contribution in [3.05, 3.63) is 28.8 Å². The van der Waals surface area contributed by atoms with E-state index in [1.807, 2.05) is 13.0 Å². The first-order chi connectivity index (χ1) is 14.6. The minimum absolute atomic E-state index is 0.268. The normalized spacial score (nSPS) is 44.5. The number of nitrogens with zero attached hydrogens (tertiary/aromatic N) is 1. The van der Waals surface area contributed by atoms with Crippen LogP contribution < -0.4 is 4.74 Å². The van der Waals surface area contributed by atoms with Gasteiger partial charge in [-0.1, -0.05) is 38.4 Å². The highest BCUT2D eigenvalue weighted by Gasteiger charge is 2.62. The Morgan fingerprint density at radius 3 is 2.68 bits per heavy atom. The SMILES string of the molecule is Cc1ccc(OC2C[C@H]3[C@@H]4C(C)CC5N(C)C(=O)CC[C@]5(C)[C@@H]4CC[C@]3(C)C2)cc1Cl. The van der Waals surface area contributed by atoms with Crippen molar-refractivity contribution in [1.82, 2.24) is 4.90 Å². The van der Waals surface area contributed by atoms with Gasteiger partial charge in [-0.2, -0.15) is 0 Å². The highest BCUT2D eigenvalue weighted by molar-refractivity contribution is 6.31. The van der Waals surface area contributed by atoms with Gasteiger partial charge in [0.25, 0.3) is 0 Å². The van der Waals surface area contributed by atoms with Crippen LogP contribution in [0.4, 0.5) is 0 Å². The molecule has 1 amide bonds. The first-order valence-corrected chi connectivity index (χ1v) is 12.7. The minimum Gasteiger partial charge on any atom is -0.490 e. The van der Waals surface area contributed by atoms with Gasteiger partial charge in [-0.25, -0.2) is 0 Å². The Bertz CT molecular complexity index is 886. The fourth-order valence-corrected chi connectivity index (χ4v) is 8.56. The van der Waals surface area contributed by atoms with E-state index in [0.717, 1.165) is 60.3 Å². The molecule has 4 heteroatoms. The highest BCUT2D eigenvalue weighted by atomic mass is 35.5. The van der Waals surface area contributed by atoms with Gasteiger partial charge in [0.2, 0.25) is 5.91 Å². The minimum atomic E-state index is 0.268. The van der Waals surface area contributed by atoms with Gasteiger partial charge in [0.1, 0.15) is 5.75 Å². The smallest absolute Gasteiger partial charge is 0.222 e. The van der Waals surface area contributed by atoms with Gasteiger partial charge in [-0.3, -0.25) is 4.79 Å². The molecule has 5 rings (SSSR count). The topological polar surface area (TPSA) is 29.5 Å². The molecule has 0 radical (unpaired) electrons. The Morgan fingerprint density at radius 2 is 1.94 bits per heavy atom. The maximum absolute atomic E-state index is 12.5. The first-order valence-electron chi connectivity index (χ1n) is 12.3. The van der Waals surface area contributed by atoms with Crippen molar-refractivity contribution in [3.63, 3.8) is 0 Å². The van der Waals surface area contributed by atoms with Crippen molar-refractivity contribution >= 4 is 17.5 Å². The third-order valence-corrected chi connectivity index (χ3v) is 10.5. The molecule has 0 aromatic heterocycles. The predicted molar refractivity (Wildman–Crippen MR) is 125 cm³/mol. The number of hydrogen-bond acceptors (Lipinski definition) is 2. The Morgan fingerprint density at radius 1 is 1.16 bits per heavy atom. The lowest BCUT2D eigenvalue weighted by atomic mass is 9.45. The summed E-state index contributed by atoms with van der Waals surface area (Å²) in [7, 11) is 2.05. The Labute approximate surface area is 192 Å². The van der Waals surface area contributed by atoms with E-state index in [1.54, 1.807) is 0 Å². The van der Waals surface area contributed by atoms with Crippen LogP contribution >= 0.6 is 11.6 Å². The lowest BCUT2D eigenvalue weighted by Crippen LogP contribution is -2.62. The van der Waals surface area contributed by atoms with E-state index in [2.05, 4.69) is 44.9 Å². The van der Waals surface area contributed by atoms with Crippen LogP contribution in [-0.4, -0.2) is 30.0 Å². The monoisotopic (exact) mass is 443 g/mol. The first kappa shape index (κ1) is 21.6. The number of aryl methyl sites for hydroxylation is 1. The molecule has 0 spiro atoms. The van der Waals surface area contributed by atoms with E-state index in [-0.39, 0.29) is 11.5 Å². The molecule has 4 aliphatic rings. The summed E-state index contributed by atoms with van der Waals surface area (Å²) in [6, 6.07) is 6.52. The van der Waals surface area contributed by atoms with E-state index in [4.69, 9.17) is 16.3 Å². The lowest BCUT2D eigenvalue weighted by Gasteiger charge is -2.63. The van der Waals surface area contributed by atoms with Crippen molar-refractivity contribution in [2.24, 2.45) is 34.5 Å². The third-order valence-electron chi connectivity index (χ3n) is 10.1. The molecule has 3 saturated carbocycles. The van der Waals surface area contributed by atoms with Crippen LogP contribution in [0.1, 0.15) is 71.3 Å². The molecule has 4 fully saturated rings. The van der Waals surface area contributed by atoms with Gasteiger partial charge in [-0.05, 0) is 97.6 Å². The van der Waals surface area contributed by atoms with Gasteiger partial charge in [0.15, 0.2) is 0 Å². The summed E-state index contributed by atoms with van der Waals surface area (Å²) in [6.07, 6.45) is 8.14. The molecule has 3 aliphatic carbocycles. The van der Waals surface area contributed by atoms with Gasteiger partial charge >= 0.3 is 0 Å². The zero-order valence-electron chi connectivity index (χ0n) is 19.8. The molecule has 1 aromatic rings. The molecule has 3 nitrogen and oxygen atoms in total. The molecular formula is C27H38ClNO2. The fraction of sp³-hybridized carbons (Fsp3) is 0.741. The van der Waals surface area contributed by atoms with E-state index in [0.29, 0.717) is 29.2 Å². The van der Waals surface area contributed by atoms with Crippen molar-refractivity contribution in [1.29, 1.82) is 0 Å². The lowest BCUT2D eigenvalue weighted by molar-refractivity contribution is -0.164. The zero-order chi connectivity index (χ0) is 22.1. The summed E-state index contributed by atoms with van der Waals surface area (Å²) in [5.74, 6) is 4.11. The number of ether oxygens (including phenoxy) is 1. The van der Waals surface area contributed by atoms with Gasteiger partial charge in [0, 0.05) is 24.5 Å². The third kappa shape index (κ3) is 3.33. The van der Waals surface area contributed by atoms with Crippen LogP contribution in [0, 0.1) is 41.4 Å². The average molecular weight is 444 g/mol. The maximum atomic E-state index is 12.5. The van der Waals surface area contributed by atoms with Crippen molar-refractivity contribution < 1.29 is 9.53 Å². The fourth-order valence-electron chi connectivity index (χ4n) is 8.39. The van der Waals surface area contributed by atoms with E-state index < -0.39 is 0 Å². The summed E-state index contributed by atoms with van der Waals surface area (Å²) < 4.78 is 6.51. The number of piperidine rings is 1. The van der Waals surface area contributed by atoms with Crippen LogP contribution in [-0.2, 0) is 4.79 Å². The summed E-state index contributed by atoms with van der Waals surface area (Å²) in [6.45, 7) is 9.52. The van der Waals surface area contributed by atoms with E-state index in [9.17, 15) is 4.79 Å². The quantitative estimate of drug-likeness (QED) is 0.521. The Hall–Kier alpha value is -1.22. The number of likely N-dealkylation sites (tertiary alicyclic amines) is 1. The van der Waals surface area contributed by atoms with Crippen LogP contribution in [0.5, 0.6) is 5.75 Å². The molecule has 3 unspecified atom stereocenters. The largest absolute Gasteiger partial charge is 0.490 e. The number of carbonyl (C=O) groups excluding carboxylic acids is 1. The predicted octanol–water partition coefficient (Wildman–Crippen LogP) is 6.51. The van der Waals surface area contributed by atoms with E-state index in [1.165, 1.54) is 12.8 Å². The summed E-state index contributed by atoms with van der Waals surface area (Å²) in [5, 5.41) is 0.787. The number of hydrogen-bond donors (Lipinski definition) is 0. The van der Waals surface area contributed by atoms with Crippen molar-refractivity contribution in [2.45, 2.75) is 84.8 Å². The molecule has 1 heterocycles. The molecule has 1 saturated heterocycles. The molecule has 170 valence electrons. The van der Waals surface area contributed by atoms with Crippen LogP contribution in [0.2, 0.25) is 5.02 Å². The summed E-state index contributed by atoms with van der Waals surface area (Å²) >= 11 is 6.35. The number of rotatable bonds is 2. The number of halogens is 1. The van der Waals surface area contributed by atoms with Crippen LogP contribution in [0.25, 0.3) is 0 Å². The molecule has 0 bridgehead atoms. The standard InChI is InChI=1S/C27H38ClNO2/c1-16-6-7-18(14-22(16)28)31-19-13-21-25-17(2)12-23-27(4,11-9-24(30)29(23)5)20(25)8-10-26(21,3)15-19/h6-7,14,17,19-21,23,25H,8-13,15H2,1-5H3/t17?,19?,20-,21+,23?,25-,26-,27-/m1/s1. The molecule has 0 N–H and O–H groups in total. The molecular weight excluding hydrogens is 406 g/mol. The number of carbonyl (C=O) groups is 1. The second-order valence-electron chi connectivity index (χ2n) is 11.8.